The van der Waals surface area contributed by atoms with Crippen LogP contribution in [0.3, 0.4) is 0 Å². The number of hydrogen-bond donors (Lipinski definition) is 1. The van der Waals surface area contributed by atoms with Crippen LogP contribution in [0.15, 0.2) is 38.3 Å². The number of thioether (sulfide) groups is 1. The molecule has 0 atom stereocenters. The Morgan fingerprint density at radius 1 is 1.61 bits per heavy atom. The highest BCUT2D eigenvalue weighted by Gasteiger charge is 2.14. The maximum absolute atomic E-state index is 10.9. The molecule has 0 spiro atoms. The number of pyridine rings is 1. The SMILES string of the molecule is Cc1oc(CSc2ncccc2Br)cc1C(=O)O. The molecule has 94 valence electrons. The highest BCUT2D eigenvalue weighted by molar-refractivity contribution is 9.10. The Balaban J connectivity index is 2.09. The number of carboxylic acid groups (broad SMARTS) is 1. The van der Waals surface area contributed by atoms with Gasteiger partial charge in [0.25, 0.3) is 0 Å². The normalized spacial score (nSPS) is 10.6. The van der Waals surface area contributed by atoms with Crippen LogP contribution >= 0.6 is 27.7 Å². The first kappa shape index (κ1) is 13.2. The molecule has 4 nitrogen and oxygen atoms in total. The number of halogens is 1. The molecule has 0 aliphatic heterocycles. The first-order valence-corrected chi connectivity index (χ1v) is 6.91. The summed E-state index contributed by atoms with van der Waals surface area (Å²) in [5.41, 5.74) is 0.214. The van der Waals surface area contributed by atoms with Crippen LogP contribution in [0.4, 0.5) is 0 Å². The fourth-order valence-electron chi connectivity index (χ4n) is 1.44. The number of aromatic carboxylic acids is 1. The topological polar surface area (TPSA) is 63.3 Å². The second-order valence-corrected chi connectivity index (χ2v) is 5.39. The second kappa shape index (κ2) is 5.58. The number of aryl methyl sites for hydroxylation is 1. The summed E-state index contributed by atoms with van der Waals surface area (Å²) in [7, 11) is 0. The van der Waals surface area contributed by atoms with E-state index in [2.05, 4.69) is 20.9 Å². The molecule has 1 N–H and O–H groups in total. The summed E-state index contributed by atoms with van der Waals surface area (Å²) in [5.74, 6) is 0.640. The molecular weight excluding hydrogens is 318 g/mol. The zero-order valence-electron chi connectivity index (χ0n) is 9.51. The smallest absolute Gasteiger partial charge is 0.339 e. The van der Waals surface area contributed by atoms with Gasteiger partial charge in [-0.3, -0.25) is 0 Å². The van der Waals surface area contributed by atoms with Crippen molar-refractivity contribution in [2.75, 3.05) is 0 Å². The Hall–Kier alpha value is -1.27. The van der Waals surface area contributed by atoms with Gasteiger partial charge in [-0.15, -0.1) is 0 Å². The van der Waals surface area contributed by atoms with Gasteiger partial charge >= 0.3 is 5.97 Å². The molecule has 0 radical (unpaired) electrons. The van der Waals surface area contributed by atoms with E-state index in [0.717, 1.165) is 9.50 Å². The highest BCUT2D eigenvalue weighted by atomic mass is 79.9. The van der Waals surface area contributed by atoms with Gasteiger partial charge in [-0.25, -0.2) is 9.78 Å². The van der Waals surface area contributed by atoms with Crippen LogP contribution in [0, 0.1) is 6.92 Å². The molecule has 18 heavy (non-hydrogen) atoms. The first-order chi connectivity index (χ1) is 8.58. The monoisotopic (exact) mass is 327 g/mol. The third kappa shape index (κ3) is 2.94. The molecule has 0 fully saturated rings. The summed E-state index contributed by atoms with van der Waals surface area (Å²) >= 11 is 4.89. The van der Waals surface area contributed by atoms with E-state index in [1.807, 2.05) is 12.1 Å². The third-order valence-corrected chi connectivity index (χ3v) is 4.21. The molecule has 0 amide bonds. The number of furan rings is 1. The number of rotatable bonds is 4. The van der Waals surface area contributed by atoms with E-state index in [1.165, 1.54) is 11.8 Å². The van der Waals surface area contributed by atoms with Crippen molar-refractivity contribution >= 4 is 33.7 Å². The number of carboxylic acids is 1. The highest BCUT2D eigenvalue weighted by Crippen LogP contribution is 2.28. The quantitative estimate of drug-likeness (QED) is 0.866. The van der Waals surface area contributed by atoms with Crippen molar-refractivity contribution in [1.29, 1.82) is 0 Å². The van der Waals surface area contributed by atoms with E-state index >= 15 is 0 Å². The molecule has 0 aliphatic carbocycles. The van der Waals surface area contributed by atoms with Gasteiger partial charge in [0, 0.05) is 10.7 Å². The lowest BCUT2D eigenvalue weighted by Gasteiger charge is -2.00. The van der Waals surface area contributed by atoms with Gasteiger partial charge in [0.05, 0.1) is 5.75 Å². The molecule has 0 saturated carbocycles. The van der Waals surface area contributed by atoms with Gasteiger partial charge < -0.3 is 9.52 Å². The Morgan fingerprint density at radius 3 is 3.00 bits per heavy atom. The van der Waals surface area contributed by atoms with Crippen molar-refractivity contribution in [2.45, 2.75) is 17.7 Å². The predicted molar refractivity (Wildman–Crippen MR) is 71.9 cm³/mol. The molecule has 2 heterocycles. The van der Waals surface area contributed by atoms with E-state index < -0.39 is 5.97 Å². The molecule has 0 bridgehead atoms. The maximum atomic E-state index is 10.9. The molecule has 0 aliphatic rings. The van der Waals surface area contributed by atoms with Crippen molar-refractivity contribution in [3.05, 3.63) is 46.0 Å². The van der Waals surface area contributed by atoms with Gasteiger partial charge in [-0.2, -0.15) is 0 Å². The first-order valence-electron chi connectivity index (χ1n) is 5.14. The van der Waals surface area contributed by atoms with Crippen molar-refractivity contribution < 1.29 is 14.3 Å². The van der Waals surface area contributed by atoms with Crippen molar-refractivity contribution in [1.82, 2.24) is 4.98 Å². The summed E-state index contributed by atoms with van der Waals surface area (Å²) in [5, 5.41) is 9.77. The van der Waals surface area contributed by atoms with Crippen LogP contribution in [0.2, 0.25) is 0 Å². The Bertz CT molecular complexity index is 582. The molecule has 0 aromatic carbocycles. The lowest BCUT2D eigenvalue weighted by Crippen LogP contribution is -1.94. The molecule has 0 unspecified atom stereocenters. The zero-order valence-corrected chi connectivity index (χ0v) is 11.9. The van der Waals surface area contributed by atoms with Crippen molar-refractivity contribution in [3.63, 3.8) is 0 Å². The van der Waals surface area contributed by atoms with E-state index in [9.17, 15) is 4.79 Å². The van der Waals surface area contributed by atoms with E-state index in [-0.39, 0.29) is 5.56 Å². The van der Waals surface area contributed by atoms with E-state index in [4.69, 9.17) is 9.52 Å². The predicted octanol–water partition coefficient (Wildman–Crippen LogP) is 3.74. The minimum Gasteiger partial charge on any atom is -0.478 e. The van der Waals surface area contributed by atoms with Gasteiger partial charge in [0.2, 0.25) is 0 Å². The van der Waals surface area contributed by atoms with Gasteiger partial charge in [0.15, 0.2) is 0 Å². The molecule has 6 heteroatoms. The third-order valence-electron chi connectivity index (χ3n) is 2.28. The molecule has 2 rings (SSSR count). The summed E-state index contributed by atoms with van der Waals surface area (Å²) in [6, 6.07) is 5.31. The van der Waals surface area contributed by atoms with Crippen LogP contribution in [-0.4, -0.2) is 16.1 Å². The zero-order chi connectivity index (χ0) is 13.1. The molecule has 2 aromatic rings. The maximum Gasteiger partial charge on any atom is 0.339 e. The molecule has 2 aromatic heterocycles. The average Bonchev–Trinajstić information content (AvgIpc) is 2.70. The fraction of sp³-hybridized carbons (Fsp3) is 0.167. The number of hydrogen-bond acceptors (Lipinski definition) is 4. The van der Waals surface area contributed by atoms with Gasteiger partial charge in [0.1, 0.15) is 22.1 Å². The van der Waals surface area contributed by atoms with Gasteiger partial charge in [-0.05, 0) is 41.1 Å². The number of aromatic nitrogens is 1. The lowest BCUT2D eigenvalue weighted by atomic mass is 10.2. The summed E-state index contributed by atoms with van der Waals surface area (Å²) in [4.78, 5) is 15.1. The average molecular weight is 328 g/mol. The van der Waals surface area contributed by atoms with Crippen LogP contribution in [0.5, 0.6) is 0 Å². The summed E-state index contributed by atoms with van der Waals surface area (Å²) in [6.45, 7) is 1.65. The minimum absolute atomic E-state index is 0.214. The van der Waals surface area contributed by atoms with Crippen LogP contribution in [0.25, 0.3) is 0 Å². The Kier molecular flexibility index (Phi) is 4.08. The summed E-state index contributed by atoms with van der Waals surface area (Å²) in [6.07, 6.45) is 1.71. The largest absolute Gasteiger partial charge is 0.478 e. The van der Waals surface area contributed by atoms with Crippen molar-refractivity contribution in [3.8, 4) is 0 Å². The van der Waals surface area contributed by atoms with E-state index in [0.29, 0.717) is 17.3 Å². The van der Waals surface area contributed by atoms with Crippen molar-refractivity contribution in [2.24, 2.45) is 0 Å². The lowest BCUT2D eigenvalue weighted by molar-refractivity contribution is 0.0695. The standard InChI is InChI=1S/C12H10BrNO3S/c1-7-9(12(15)16)5-8(17-7)6-18-11-10(13)3-2-4-14-11/h2-5H,6H2,1H3,(H,15,16). The fourth-order valence-corrected chi connectivity index (χ4v) is 2.80. The number of carbonyl (C=O) groups is 1. The Labute approximate surface area is 117 Å². The van der Waals surface area contributed by atoms with E-state index in [1.54, 1.807) is 19.2 Å². The molecule has 0 saturated heterocycles. The summed E-state index contributed by atoms with van der Waals surface area (Å²) < 4.78 is 6.31. The molecular formula is C12H10BrNO3S. The minimum atomic E-state index is -0.966. The van der Waals surface area contributed by atoms with Crippen LogP contribution < -0.4 is 0 Å². The van der Waals surface area contributed by atoms with Crippen LogP contribution in [-0.2, 0) is 5.75 Å². The van der Waals surface area contributed by atoms with Crippen LogP contribution in [0.1, 0.15) is 21.9 Å². The van der Waals surface area contributed by atoms with Gasteiger partial charge in [-0.1, -0.05) is 11.8 Å². The second-order valence-electron chi connectivity index (χ2n) is 3.57. The number of nitrogens with zero attached hydrogens (tertiary/aromatic N) is 1. The Morgan fingerprint density at radius 2 is 2.39 bits per heavy atom.